The van der Waals surface area contributed by atoms with Gasteiger partial charge in [-0.25, -0.2) is 8.78 Å². The first-order valence-corrected chi connectivity index (χ1v) is 10.6. The summed E-state index contributed by atoms with van der Waals surface area (Å²) in [6.07, 6.45) is 3.64. The molecule has 2 aromatic carbocycles. The van der Waals surface area contributed by atoms with Gasteiger partial charge in [-0.3, -0.25) is 4.98 Å². The maximum atomic E-state index is 14.0. The zero-order chi connectivity index (χ0) is 22.2. The molecule has 4 aromatic rings. The van der Waals surface area contributed by atoms with Crippen molar-refractivity contribution >= 4 is 23.0 Å². The summed E-state index contributed by atoms with van der Waals surface area (Å²) in [5.74, 6) is -0.581. The molecule has 32 heavy (non-hydrogen) atoms. The van der Waals surface area contributed by atoms with Gasteiger partial charge >= 0.3 is 0 Å². The van der Waals surface area contributed by atoms with E-state index in [-0.39, 0.29) is 23.7 Å². The number of aromatic nitrogens is 2. The van der Waals surface area contributed by atoms with Gasteiger partial charge in [-0.1, -0.05) is 12.1 Å². The normalized spacial score (nSPS) is 18.1. The van der Waals surface area contributed by atoms with Crippen LogP contribution >= 0.6 is 12.2 Å². The molecule has 5 rings (SSSR count). The van der Waals surface area contributed by atoms with Gasteiger partial charge in [-0.2, -0.15) is 0 Å². The summed E-state index contributed by atoms with van der Waals surface area (Å²) < 4.78 is 29.9. The van der Waals surface area contributed by atoms with Crippen LogP contribution in [-0.4, -0.2) is 14.7 Å². The molecule has 0 amide bonds. The highest BCUT2D eigenvalue weighted by atomic mass is 32.1. The van der Waals surface area contributed by atoms with Gasteiger partial charge in [0.1, 0.15) is 17.7 Å². The van der Waals surface area contributed by atoms with Gasteiger partial charge < -0.3 is 14.8 Å². The lowest BCUT2D eigenvalue weighted by Crippen LogP contribution is -2.30. The van der Waals surface area contributed by atoms with E-state index in [1.165, 1.54) is 18.2 Å². The van der Waals surface area contributed by atoms with Gasteiger partial charge in [0.25, 0.3) is 0 Å². The van der Waals surface area contributed by atoms with Crippen molar-refractivity contribution in [2.24, 2.45) is 0 Å². The third kappa shape index (κ3) is 3.54. The van der Waals surface area contributed by atoms with Crippen LogP contribution in [0.4, 0.5) is 14.5 Å². The molecule has 1 aliphatic heterocycles. The number of halogens is 2. The Morgan fingerprint density at radius 1 is 0.938 bits per heavy atom. The number of pyridine rings is 1. The van der Waals surface area contributed by atoms with Crippen LogP contribution < -0.4 is 10.2 Å². The van der Waals surface area contributed by atoms with E-state index in [9.17, 15) is 8.78 Å². The zero-order valence-electron chi connectivity index (χ0n) is 17.2. The Hall–Kier alpha value is -3.58. The van der Waals surface area contributed by atoms with E-state index < -0.39 is 0 Å². The van der Waals surface area contributed by atoms with Gasteiger partial charge in [-0.05, 0) is 85.4 Å². The number of thiocarbonyl (C=S) groups is 1. The molecule has 2 aromatic heterocycles. The topological polar surface area (TPSA) is 33.1 Å². The Morgan fingerprint density at radius 2 is 1.81 bits per heavy atom. The number of nitrogens with zero attached hydrogens (tertiary/aromatic N) is 3. The first-order valence-electron chi connectivity index (χ1n) is 10.2. The summed E-state index contributed by atoms with van der Waals surface area (Å²) in [4.78, 5) is 6.53. The monoisotopic (exact) mass is 446 g/mol. The Morgan fingerprint density at radius 3 is 2.56 bits per heavy atom. The van der Waals surface area contributed by atoms with Gasteiger partial charge in [0.05, 0.1) is 11.7 Å². The first kappa shape index (κ1) is 20.3. The molecular formula is C25H20F2N4S. The third-order valence-electron chi connectivity index (χ3n) is 5.69. The van der Waals surface area contributed by atoms with E-state index in [0.29, 0.717) is 16.4 Å². The van der Waals surface area contributed by atoms with E-state index in [0.717, 1.165) is 17.1 Å². The van der Waals surface area contributed by atoms with Crippen LogP contribution in [0.2, 0.25) is 0 Å². The average molecular weight is 447 g/mol. The molecular weight excluding hydrogens is 426 g/mol. The van der Waals surface area contributed by atoms with Crippen LogP contribution in [0.1, 0.15) is 29.0 Å². The molecule has 4 nitrogen and oxygen atoms in total. The zero-order valence-corrected chi connectivity index (χ0v) is 18.1. The first-order chi connectivity index (χ1) is 15.5. The lowest BCUT2D eigenvalue weighted by atomic mass is 10.0. The fourth-order valence-electron chi connectivity index (χ4n) is 4.21. The average Bonchev–Trinajstić information content (AvgIpc) is 3.40. The minimum Gasteiger partial charge on any atom is -0.351 e. The van der Waals surface area contributed by atoms with Crippen LogP contribution in [0.5, 0.6) is 0 Å². The Balaban J connectivity index is 1.68. The smallest absolute Gasteiger partial charge is 0.174 e. The van der Waals surface area contributed by atoms with E-state index in [4.69, 9.17) is 12.2 Å². The van der Waals surface area contributed by atoms with Crippen molar-refractivity contribution in [3.05, 3.63) is 114 Å². The number of aryl methyl sites for hydroxylation is 1. The number of anilines is 1. The molecule has 0 aliphatic carbocycles. The molecule has 0 spiro atoms. The number of rotatable bonds is 4. The highest BCUT2D eigenvalue weighted by Crippen LogP contribution is 2.42. The SMILES string of the molecule is Cc1cc(N2C(=S)N[C@@H](c3ccccn3)[C@@H]2c2cccn2-c2cccc(F)c2)ccc1F. The molecule has 3 heterocycles. The number of hydrogen-bond donors (Lipinski definition) is 1. The number of benzene rings is 2. The quantitative estimate of drug-likeness (QED) is 0.412. The van der Waals surface area contributed by atoms with Gasteiger partial charge in [-0.15, -0.1) is 0 Å². The summed E-state index contributed by atoms with van der Waals surface area (Å²) in [7, 11) is 0. The summed E-state index contributed by atoms with van der Waals surface area (Å²) in [6.45, 7) is 1.73. The predicted octanol–water partition coefficient (Wildman–Crippen LogP) is 5.64. The van der Waals surface area contributed by atoms with Crippen molar-refractivity contribution in [1.29, 1.82) is 0 Å². The van der Waals surface area contributed by atoms with Crippen LogP contribution in [0.15, 0.2) is 85.2 Å². The van der Waals surface area contributed by atoms with Crippen molar-refractivity contribution in [2.45, 2.75) is 19.0 Å². The minimum absolute atomic E-state index is 0.253. The van der Waals surface area contributed by atoms with Crippen LogP contribution in [0.25, 0.3) is 5.69 Å². The molecule has 0 unspecified atom stereocenters. The largest absolute Gasteiger partial charge is 0.351 e. The third-order valence-corrected chi connectivity index (χ3v) is 6.00. The van der Waals surface area contributed by atoms with Crippen molar-refractivity contribution < 1.29 is 8.78 Å². The highest BCUT2D eigenvalue weighted by molar-refractivity contribution is 7.80. The molecule has 1 aliphatic rings. The maximum Gasteiger partial charge on any atom is 0.174 e. The second kappa shape index (κ2) is 8.16. The van der Waals surface area contributed by atoms with Crippen molar-refractivity contribution in [2.75, 3.05) is 4.90 Å². The molecule has 0 bridgehead atoms. The van der Waals surface area contributed by atoms with Crippen LogP contribution in [0.3, 0.4) is 0 Å². The molecule has 1 saturated heterocycles. The molecule has 7 heteroatoms. The maximum absolute atomic E-state index is 14.0. The predicted molar refractivity (Wildman–Crippen MR) is 125 cm³/mol. The van der Waals surface area contributed by atoms with Crippen LogP contribution in [0, 0.1) is 18.6 Å². The Bertz CT molecular complexity index is 1290. The van der Waals surface area contributed by atoms with Gasteiger partial charge in [0.2, 0.25) is 0 Å². The molecule has 0 saturated carbocycles. The second-order valence-electron chi connectivity index (χ2n) is 7.71. The number of nitrogens with one attached hydrogen (secondary N) is 1. The summed E-state index contributed by atoms with van der Waals surface area (Å²) in [5, 5.41) is 3.91. The lowest BCUT2D eigenvalue weighted by Gasteiger charge is -2.29. The standard InChI is InChI=1S/C25H20F2N4S/c1-16-14-19(10-11-20(16)27)31-24(23(29-25(31)32)21-8-2-3-12-28-21)22-9-5-13-30(22)18-7-4-6-17(26)15-18/h2-15,23-24H,1H3,(H,29,32)/t23-,24-/m0/s1. The van der Waals surface area contributed by atoms with Gasteiger partial charge in [0.15, 0.2) is 5.11 Å². The van der Waals surface area contributed by atoms with Crippen molar-refractivity contribution in [3.63, 3.8) is 0 Å². The van der Waals surface area contributed by atoms with E-state index in [1.807, 2.05) is 52.1 Å². The summed E-state index contributed by atoms with van der Waals surface area (Å²) >= 11 is 5.73. The van der Waals surface area contributed by atoms with Crippen molar-refractivity contribution in [1.82, 2.24) is 14.9 Å². The molecule has 2 atom stereocenters. The fourth-order valence-corrected chi connectivity index (χ4v) is 4.55. The van der Waals surface area contributed by atoms with E-state index >= 15 is 0 Å². The van der Waals surface area contributed by atoms with Gasteiger partial charge in [0, 0.05) is 29.5 Å². The second-order valence-corrected chi connectivity index (χ2v) is 8.10. The lowest BCUT2D eigenvalue weighted by molar-refractivity contribution is 0.548. The van der Waals surface area contributed by atoms with E-state index in [2.05, 4.69) is 10.3 Å². The fraction of sp³-hybridized carbons (Fsp3) is 0.120. The number of hydrogen-bond acceptors (Lipinski definition) is 2. The molecule has 1 fully saturated rings. The van der Waals surface area contributed by atoms with Crippen LogP contribution in [-0.2, 0) is 0 Å². The van der Waals surface area contributed by atoms with Crippen molar-refractivity contribution in [3.8, 4) is 5.69 Å². The summed E-state index contributed by atoms with van der Waals surface area (Å²) in [5.41, 5.74) is 3.74. The molecule has 160 valence electrons. The minimum atomic E-state index is -0.311. The molecule has 0 radical (unpaired) electrons. The Kier molecular flexibility index (Phi) is 5.19. The summed E-state index contributed by atoms with van der Waals surface area (Å²) in [6, 6.07) is 20.5. The van der Waals surface area contributed by atoms with E-state index in [1.54, 1.807) is 31.3 Å². The highest BCUT2D eigenvalue weighted by Gasteiger charge is 2.42. The Labute approximate surface area is 190 Å². The molecule has 1 N–H and O–H groups in total.